The van der Waals surface area contributed by atoms with Gasteiger partial charge in [-0.2, -0.15) is 0 Å². The number of ether oxygens (including phenoxy) is 1. The predicted molar refractivity (Wildman–Crippen MR) is 110 cm³/mol. The fraction of sp³-hybridized carbons (Fsp3) is 0.391. The van der Waals surface area contributed by atoms with Gasteiger partial charge in [0.2, 0.25) is 0 Å². The topological polar surface area (TPSA) is 63.1 Å². The summed E-state index contributed by atoms with van der Waals surface area (Å²) in [5.41, 5.74) is 3.64. The highest BCUT2D eigenvalue weighted by Crippen LogP contribution is 2.32. The third-order valence-corrected chi connectivity index (χ3v) is 6.04. The van der Waals surface area contributed by atoms with E-state index >= 15 is 0 Å². The van der Waals surface area contributed by atoms with E-state index in [4.69, 9.17) is 4.74 Å². The summed E-state index contributed by atoms with van der Waals surface area (Å²) in [6.07, 6.45) is 3.29. The number of nitrogens with zero attached hydrogens (tertiary/aromatic N) is 1. The third-order valence-electron chi connectivity index (χ3n) is 6.04. The monoisotopic (exact) mass is 394 g/mol. The maximum atomic E-state index is 13.2. The first kappa shape index (κ1) is 19.5. The fourth-order valence-electron chi connectivity index (χ4n) is 4.34. The van der Waals surface area contributed by atoms with Crippen molar-refractivity contribution in [3.8, 4) is 5.75 Å². The number of carbonyl (C=O) groups is 2. The van der Waals surface area contributed by atoms with E-state index in [0.717, 1.165) is 41.0 Å². The number of benzene rings is 2. The number of nitrogens with one attached hydrogen (secondary N) is 2. The zero-order chi connectivity index (χ0) is 20.6. The summed E-state index contributed by atoms with van der Waals surface area (Å²) in [5, 5.41) is 2.93. The molecule has 1 heterocycles. The van der Waals surface area contributed by atoms with E-state index in [1.165, 1.54) is 16.0 Å². The molecular weight excluding hydrogens is 366 g/mol. The molecule has 2 N–H and O–H groups in total. The smallest absolute Gasteiger partial charge is 0.329 e. The Labute approximate surface area is 171 Å². The van der Waals surface area contributed by atoms with Crippen molar-refractivity contribution in [1.82, 2.24) is 10.2 Å². The Morgan fingerprint density at radius 2 is 1.83 bits per heavy atom. The van der Waals surface area contributed by atoms with Crippen molar-refractivity contribution < 1.29 is 19.2 Å². The fourth-order valence-corrected chi connectivity index (χ4v) is 4.34. The second-order valence-electron chi connectivity index (χ2n) is 8.27. The molecule has 1 unspecified atom stereocenters. The molecule has 0 aromatic heterocycles. The van der Waals surface area contributed by atoms with Crippen LogP contribution < -0.4 is 15.0 Å². The Morgan fingerprint density at radius 3 is 2.55 bits per heavy atom. The van der Waals surface area contributed by atoms with Gasteiger partial charge in [0.05, 0.1) is 14.2 Å². The second-order valence-corrected chi connectivity index (χ2v) is 8.27. The van der Waals surface area contributed by atoms with Gasteiger partial charge < -0.3 is 15.0 Å². The zero-order valence-corrected chi connectivity index (χ0v) is 17.2. The average molecular weight is 394 g/mol. The van der Waals surface area contributed by atoms with E-state index in [1.54, 1.807) is 7.11 Å². The molecule has 152 valence electrons. The molecule has 1 fully saturated rings. The number of imide groups is 1. The molecule has 0 bridgehead atoms. The van der Waals surface area contributed by atoms with Crippen LogP contribution in [0.5, 0.6) is 5.75 Å². The lowest BCUT2D eigenvalue weighted by atomic mass is 9.90. The lowest BCUT2D eigenvalue weighted by molar-refractivity contribution is -0.901. The molecule has 2 aliphatic rings. The van der Waals surface area contributed by atoms with Gasteiger partial charge in [-0.15, -0.1) is 0 Å². The first-order chi connectivity index (χ1) is 13.9. The number of methoxy groups -OCH3 is 1. The number of aryl methyl sites for hydroxylation is 2. The minimum absolute atomic E-state index is 0.186. The maximum Gasteiger partial charge on any atom is 0.329 e. The normalized spacial score (nSPS) is 21.8. The molecule has 1 aliphatic heterocycles. The van der Waals surface area contributed by atoms with Gasteiger partial charge in [0.25, 0.3) is 5.91 Å². The van der Waals surface area contributed by atoms with Gasteiger partial charge in [-0.3, -0.25) is 4.79 Å². The lowest BCUT2D eigenvalue weighted by Crippen LogP contribution is -3.09. The van der Waals surface area contributed by atoms with Crippen LogP contribution in [-0.2, 0) is 29.7 Å². The van der Waals surface area contributed by atoms with Gasteiger partial charge in [0, 0.05) is 5.56 Å². The SMILES string of the molecule is COc1ccc(C[NH+](C)CN2C(=O)N[C@](C)(c3ccc4c(c3)CCC4)C2=O)cc1. The summed E-state index contributed by atoms with van der Waals surface area (Å²) >= 11 is 0. The first-order valence-electron chi connectivity index (χ1n) is 10.1. The standard InChI is InChI=1S/C23H27N3O3/c1-23(19-10-9-17-5-4-6-18(17)13-19)21(27)26(22(28)24-23)15-25(2)14-16-7-11-20(29-3)12-8-16/h7-13H,4-6,14-15H2,1-3H3,(H,24,28)/p+1/t23-/m1/s1. The molecule has 0 radical (unpaired) electrons. The summed E-state index contributed by atoms with van der Waals surface area (Å²) in [7, 11) is 3.62. The molecule has 2 aromatic carbocycles. The number of quaternary nitrogens is 1. The Bertz CT molecular complexity index is 941. The van der Waals surface area contributed by atoms with Gasteiger partial charge in [0.1, 0.15) is 17.8 Å². The molecule has 1 saturated heterocycles. The van der Waals surface area contributed by atoms with E-state index in [2.05, 4.69) is 17.4 Å². The van der Waals surface area contributed by atoms with E-state index in [1.807, 2.05) is 44.3 Å². The lowest BCUT2D eigenvalue weighted by Gasteiger charge is -2.24. The summed E-state index contributed by atoms with van der Waals surface area (Å²) in [6.45, 7) is 2.83. The third kappa shape index (κ3) is 3.60. The predicted octanol–water partition coefficient (Wildman–Crippen LogP) is 1.62. The molecule has 2 atom stereocenters. The highest BCUT2D eigenvalue weighted by molar-refractivity contribution is 6.07. The number of hydrogen-bond acceptors (Lipinski definition) is 3. The maximum absolute atomic E-state index is 13.2. The number of carbonyl (C=O) groups excluding carboxylic acids is 2. The van der Waals surface area contributed by atoms with E-state index < -0.39 is 5.54 Å². The minimum Gasteiger partial charge on any atom is -0.497 e. The van der Waals surface area contributed by atoms with E-state index in [9.17, 15) is 9.59 Å². The zero-order valence-electron chi connectivity index (χ0n) is 17.2. The number of fused-ring (bicyclic) bond motifs is 1. The largest absolute Gasteiger partial charge is 0.497 e. The quantitative estimate of drug-likeness (QED) is 0.732. The number of amides is 3. The highest BCUT2D eigenvalue weighted by atomic mass is 16.5. The number of rotatable bonds is 6. The summed E-state index contributed by atoms with van der Waals surface area (Å²) in [5.74, 6) is 0.625. The van der Waals surface area contributed by atoms with Crippen LogP contribution in [0.1, 0.15) is 35.6 Å². The van der Waals surface area contributed by atoms with Crippen molar-refractivity contribution in [2.45, 2.75) is 38.3 Å². The summed E-state index contributed by atoms with van der Waals surface area (Å²) in [6, 6.07) is 13.7. The van der Waals surface area contributed by atoms with Gasteiger partial charge in [-0.05, 0) is 67.1 Å². The summed E-state index contributed by atoms with van der Waals surface area (Å²) < 4.78 is 5.19. The van der Waals surface area contributed by atoms with Crippen LogP contribution in [0.15, 0.2) is 42.5 Å². The van der Waals surface area contributed by atoms with Crippen LogP contribution in [-0.4, -0.2) is 37.7 Å². The Morgan fingerprint density at radius 1 is 1.10 bits per heavy atom. The molecular formula is C23H28N3O3+. The van der Waals surface area contributed by atoms with E-state index in [-0.39, 0.29) is 11.9 Å². The van der Waals surface area contributed by atoms with Crippen molar-refractivity contribution in [1.29, 1.82) is 0 Å². The molecule has 4 rings (SSSR count). The minimum atomic E-state index is -1.00. The number of hydrogen-bond donors (Lipinski definition) is 2. The average Bonchev–Trinajstić information content (AvgIpc) is 3.27. The Kier molecular flexibility index (Phi) is 5.04. The van der Waals surface area contributed by atoms with Gasteiger partial charge in [0.15, 0.2) is 6.67 Å². The Balaban J connectivity index is 1.47. The van der Waals surface area contributed by atoms with Crippen LogP contribution in [0, 0.1) is 0 Å². The molecule has 6 nitrogen and oxygen atoms in total. The van der Waals surface area contributed by atoms with Crippen molar-refractivity contribution in [3.63, 3.8) is 0 Å². The Hall–Kier alpha value is -2.86. The van der Waals surface area contributed by atoms with Crippen molar-refractivity contribution in [2.24, 2.45) is 0 Å². The van der Waals surface area contributed by atoms with Crippen LogP contribution in [0.4, 0.5) is 4.79 Å². The van der Waals surface area contributed by atoms with E-state index in [0.29, 0.717) is 13.2 Å². The molecule has 29 heavy (non-hydrogen) atoms. The van der Waals surface area contributed by atoms with Gasteiger partial charge >= 0.3 is 6.03 Å². The number of urea groups is 1. The highest BCUT2D eigenvalue weighted by Gasteiger charge is 2.50. The first-order valence-corrected chi connectivity index (χ1v) is 10.1. The van der Waals surface area contributed by atoms with Crippen LogP contribution in [0.25, 0.3) is 0 Å². The van der Waals surface area contributed by atoms with Crippen LogP contribution in [0.3, 0.4) is 0 Å². The van der Waals surface area contributed by atoms with Gasteiger partial charge in [-0.25, -0.2) is 9.69 Å². The van der Waals surface area contributed by atoms with Crippen molar-refractivity contribution in [3.05, 3.63) is 64.7 Å². The van der Waals surface area contributed by atoms with Gasteiger partial charge in [-0.1, -0.05) is 18.2 Å². The molecule has 2 aromatic rings. The second kappa shape index (κ2) is 7.52. The van der Waals surface area contributed by atoms with Crippen molar-refractivity contribution >= 4 is 11.9 Å². The molecule has 3 amide bonds. The molecule has 6 heteroatoms. The van der Waals surface area contributed by atoms with Crippen LogP contribution >= 0.6 is 0 Å². The molecule has 1 aliphatic carbocycles. The van der Waals surface area contributed by atoms with Crippen molar-refractivity contribution in [2.75, 3.05) is 20.8 Å². The van der Waals surface area contributed by atoms with Crippen LogP contribution in [0.2, 0.25) is 0 Å². The molecule has 0 saturated carbocycles. The molecule has 0 spiro atoms. The summed E-state index contributed by atoms with van der Waals surface area (Å²) in [4.78, 5) is 28.3.